The summed E-state index contributed by atoms with van der Waals surface area (Å²) >= 11 is 1.01. The molecule has 4 rings (SSSR count). The Labute approximate surface area is 234 Å². The average molecular weight is 563 g/mol. The number of allylic oxidation sites excluding steroid dienone is 1. The Balaban J connectivity index is 1.65. The number of nitrogens with zero attached hydrogens (tertiary/aromatic N) is 4. The number of hydrogen-bond donors (Lipinski definition) is 0. The number of hydrogen-bond acceptors (Lipinski definition) is 6. The van der Waals surface area contributed by atoms with Gasteiger partial charge in [-0.15, -0.1) is 11.8 Å². The summed E-state index contributed by atoms with van der Waals surface area (Å²) in [6.45, 7) is 4.36. The molecule has 204 valence electrons. The molecule has 2 aromatic heterocycles. The third-order valence-electron chi connectivity index (χ3n) is 6.11. The van der Waals surface area contributed by atoms with Crippen LogP contribution >= 0.6 is 11.8 Å². The Hall–Kier alpha value is -4.36. The molecule has 40 heavy (non-hydrogen) atoms. The lowest BCUT2D eigenvalue weighted by molar-refractivity contribution is -0.141. The van der Waals surface area contributed by atoms with Crippen molar-refractivity contribution in [3.63, 3.8) is 0 Å². The monoisotopic (exact) mass is 562 g/mol. The molecule has 0 aliphatic heterocycles. The van der Waals surface area contributed by atoms with Crippen LogP contribution in [0.2, 0.25) is 0 Å². The summed E-state index contributed by atoms with van der Waals surface area (Å²) in [5, 5.41) is 14.2. The maximum absolute atomic E-state index is 13.7. The molecule has 0 saturated heterocycles. The van der Waals surface area contributed by atoms with Crippen molar-refractivity contribution in [2.45, 2.75) is 37.3 Å². The van der Waals surface area contributed by atoms with Crippen molar-refractivity contribution < 1.29 is 22.7 Å². The predicted molar refractivity (Wildman–Crippen MR) is 148 cm³/mol. The summed E-state index contributed by atoms with van der Waals surface area (Å²) in [6.07, 6.45) is 0.136. The Kier molecular flexibility index (Phi) is 8.75. The van der Waals surface area contributed by atoms with Gasteiger partial charge in [-0.25, -0.2) is 4.98 Å². The number of benzene rings is 2. The van der Waals surface area contributed by atoms with Gasteiger partial charge in [0.25, 0.3) is 0 Å². The Morgan fingerprint density at radius 1 is 1.18 bits per heavy atom. The zero-order chi connectivity index (χ0) is 28.9. The van der Waals surface area contributed by atoms with Gasteiger partial charge < -0.3 is 4.74 Å². The number of nitriles is 1. The number of pyridine rings is 1. The summed E-state index contributed by atoms with van der Waals surface area (Å²) in [5.74, 6) is 0.507. The second kappa shape index (κ2) is 12.2. The number of alkyl halides is 3. The van der Waals surface area contributed by atoms with E-state index in [2.05, 4.69) is 10.1 Å². The zero-order valence-electron chi connectivity index (χ0n) is 22.0. The van der Waals surface area contributed by atoms with Crippen molar-refractivity contribution in [3.8, 4) is 22.9 Å². The molecule has 2 aromatic carbocycles. The highest BCUT2D eigenvalue weighted by Gasteiger charge is 2.34. The van der Waals surface area contributed by atoms with Crippen LogP contribution < -0.4 is 4.74 Å². The molecule has 0 radical (unpaired) electrons. The number of aromatic nitrogens is 3. The van der Waals surface area contributed by atoms with Crippen molar-refractivity contribution in [3.05, 3.63) is 101 Å². The van der Waals surface area contributed by atoms with Gasteiger partial charge >= 0.3 is 6.18 Å². The number of aryl methyl sites for hydroxylation is 2. The third-order valence-corrected chi connectivity index (χ3v) is 7.13. The normalized spacial score (nSPS) is 11.5. The molecule has 0 saturated carbocycles. The lowest BCUT2D eigenvalue weighted by atomic mass is 10.0. The van der Waals surface area contributed by atoms with Crippen molar-refractivity contribution in [2.24, 2.45) is 0 Å². The number of carbonyl (C=O) groups excluding carboxylic acids is 1. The van der Waals surface area contributed by atoms with Gasteiger partial charge in [0.05, 0.1) is 23.9 Å². The van der Waals surface area contributed by atoms with Gasteiger partial charge in [-0.05, 0) is 49.2 Å². The second-order valence-corrected chi connectivity index (χ2v) is 9.72. The predicted octanol–water partition coefficient (Wildman–Crippen LogP) is 7.36. The molecule has 0 spiro atoms. The van der Waals surface area contributed by atoms with Crippen LogP contribution in [0.1, 0.15) is 45.4 Å². The minimum atomic E-state index is -4.69. The second-order valence-electron chi connectivity index (χ2n) is 8.75. The highest BCUT2D eigenvalue weighted by atomic mass is 32.2. The maximum atomic E-state index is 13.7. The van der Waals surface area contributed by atoms with E-state index in [0.717, 1.165) is 17.8 Å². The fraction of sp³-hybridized carbons (Fsp3) is 0.200. The lowest BCUT2D eigenvalue weighted by Gasteiger charge is -2.15. The molecule has 0 aliphatic carbocycles. The average Bonchev–Trinajstić information content (AvgIpc) is 3.34. The molecule has 0 bridgehead atoms. The topological polar surface area (TPSA) is 80.8 Å². The van der Waals surface area contributed by atoms with E-state index in [0.29, 0.717) is 40.2 Å². The summed E-state index contributed by atoms with van der Waals surface area (Å²) in [5.41, 5.74) is 2.16. The van der Waals surface area contributed by atoms with Gasteiger partial charge in [-0.2, -0.15) is 23.5 Å². The number of thioether (sulfide) groups is 1. The van der Waals surface area contributed by atoms with Gasteiger partial charge in [0.1, 0.15) is 22.5 Å². The van der Waals surface area contributed by atoms with Crippen LogP contribution in [-0.4, -0.2) is 27.7 Å². The standard InChI is InChI=1S/C30H25F3N4O2S/c1-4-37-17-25(19(2)36-37)26(38)12-10-20-11-13-27(39-3)22(14-20)18-40-29-24(16-34)23(21-8-6-5-7-9-21)15-28(35-29)30(31,32)33/h5-15,17H,4,18H2,1-3H3/b12-10+. The molecule has 0 fully saturated rings. The van der Waals surface area contributed by atoms with Gasteiger partial charge in [-0.1, -0.05) is 42.5 Å². The SMILES string of the molecule is CCn1cc(C(=O)/C=C/c2ccc(OC)c(CSc3nc(C(F)(F)F)cc(-c4ccccc4)c3C#N)c2)c(C)n1. The van der Waals surface area contributed by atoms with E-state index in [-0.39, 0.29) is 27.7 Å². The van der Waals surface area contributed by atoms with Crippen LogP contribution in [-0.2, 0) is 18.5 Å². The number of ketones is 1. The third kappa shape index (κ3) is 6.43. The summed E-state index contributed by atoms with van der Waals surface area (Å²) < 4.78 is 48.4. The fourth-order valence-corrected chi connectivity index (χ4v) is 5.05. The van der Waals surface area contributed by atoms with E-state index in [1.165, 1.54) is 13.2 Å². The number of halogens is 3. The highest BCUT2D eigenvalue weighted by Crippen LogP contribution is 2.38. The van der Waals surface area contributed by atoms with E-state index in [1.807, 2.05) is 13.0 Å². The molecular weight excluding hydrogens is 537 g/mol. The number of methoxy groups -OCH3 is 1. The molecule has 0 unspecified atom stereocenters. The van der Waals surface area contributed by atoms with Crippen LogP contribution in [0, 0.1) is 18.3 Å². The zero-order valence-corrected chi connectivity index (χ0v) is 22.8. The van der Waals surface area contributed by atoms with E-state index >= 15 is 0 Å². The molecule has 0 aliphatic rings. The first-order valence-electron chi connectivity index (χ1n) is 12.3. The first-order valence-corrected chi connectivity index (χ1v) is 13.3. The number of ether oxygens (including phenoxy) is 1. The molecular formula is C30H25F3N4O2S. The number of rotatable bonds is 9. The molecule has 0 amide bonds. The molecule has 0 N–H and O–H groups in total. The fourth-order valence-electron chi connectivity index (χ4n) is 4.07. The first kappa shape index (κ1) is 28.6. The van der Waals surface area contributed by atoms with Gasteiger partial charge in [-0.3, -0.25) is 9.48 Å². The van der Waals surface area contributed by atoms with E-state index in [9.17, 15) is 23.2 Å². The van der Waals surface area contributed by atoms with Crippen molar-refractivity contribution in [2.75, 3.05) is 7.11 Å². The van der Waals surface area contributed by atoms with Crippen molar-refractivity contribution in [1.82, 2.24) is 14.8 Å². The molecule has 2 heterocycles. The minimum Gasteiger partial charge on any atom is -0.496 e. The summed E-state index contributed by atoms with van der Waals surface area (Å²) in [6, 6.07) is 16.7. The van der Waals surface area contributed by atoms with E-state index < -0.39 is 11.9 Å². The minimum absolute atomic E-state index is 0.0298. The number of carbonyl (C=O) groups is 1. The Morgan fingerprint density at radius 2 is 1.93 bits per heavy atom. The maximum Gasteiger partial charge on any atom is 0.433 e. The quantitative estimate of drug-likeness (QED) is 0.120. The highest BCUT2D eigenvalue weighted by molar-refractivity contribution is 7.98. The summed E-state index contributed by atoms with van der Waals surface area (Å²) in [4.78, 5) is 16.5. The molecule has 4 aromatic rings. The lowest BCUT2D eigenvalue weighted by Crippen LogP contribution is -2.10. The molecule has 0 atom stereocenters. The van der Waals surface area contributed by atoms with Crippen LogP contribution in [0.25, 0.3) is 17.2 Å². The Bertz CT molecular complexity index is 1610. The summed E-state index contributed by atoms with van der Waals surface area (Å²) in [7, 11) is 1.49. The smallest absolute Gasteiger partial charge is 0.433 e. The van der Waals surface area contributed by atoms with Crippen molar-refractivity contribution in [1.29, 1.82) is 5.26 Å². The Morgan fingerprint density at radius 3 is 2.55 bits per heavy atom. The van der Waals surface area contributed by atoms with Gasteiger partial charge in [0.2, 0.25) is 0 Å². The van der Waals surface area contributed by atoms with Gasteiger partial charge in [0.15, 0.2) is 5.78 Å². The van der Waals surface area contributed by atoms with E-state index in [1.54, 1.807) is 72.4 Å². The van der Waals surface area contributed by atoms with Gasteiger partial charge in [0, 0.05) is 29.6 Å². The molecule has 10 heteroatoms. The van der Waals surface area contributed by atoms with Crippen molar-refractivity contribution >= 4 is 23.6 Å². The van der Waals surface area contributed by atoms with Crippen LogP contribution in [0.3, 0.4) is 0 Å². The largest absolute Gasteiger partial charge is 0.496 e. The first-order chi connectivity index (χ1) is 19.1. The van der Waals surface area contributed by atoms with Crippen LogP contribution in [0.15, 0.2) is 71.9 Å². The molecule has 6 nitrogen and oxygen atoms in total. The van der Waals surface area contributed by atoms with Crippen LogP contribution in [0.5, 0.6) is 5.75 Å². The van der Waals surface area contributed by atoms with E-state index in [4.69, 9.17) is 4.74 Å². The van der Waals surface area contributed by atoms with Crippen LogP contribution in [0.4, 0.5) is 13.2 Å².